The molecule has 2 heterocycles. The van der Waals surface area contributed by atoms with E-state index in [2.05, 4.69) is 161 Å². The number of imidazole rings is 1. The Hall–Kier alpha value is -6.59. The second kappa shape index (κ2) is 13.3. The van der Waals surface area contributed by atoms with Gasteiger partial charge in [-0.25, -0.2) is 4.98 Å². The van der Waals surface area contributed by atoms with Gasteiger partial charge in [0.1, 0.15) is 11.6 Å². The van der Waals surface area contributed by atoms with E-state index in [0.29, 0.717) is 0 Å². The molecule has 0 radical (unpaired) electrons. The molecule has 5 heteroatoms. The first-order chi connectivity index (χ1) is 27.0. The molecule has 0 spiro atoms. The summed E-state index contributed by atoms with van der Waals surface area (Å²) in [6, 6.07) is 48.7. The highest BCUT2D eigenvalue weighted by Gasteiger charge is 2.25. The fourth-order valence-electron chi connectivity index (χ4n) is 7.88. The molecular formula is C51H44N4O. The van der Waals surface area contributed by atoms with Crippen LogP contribution in [0.3, 0.4) is 0 Å². The van der Waals surface area contributed by atoms with Crippen molar-refractivity contribution >= 4 is 32.8 Å². The molecule has 9 aromatic rings. The Morgan fingerprint density at radius 3 is 2.02 bits per heavy atom. The zero-order chi connectivity index (χ0) is 38.8. The average Bonchev–Trinajstić information content (AvgIpc) is 3.60. The van der Waals surface area contributed by atoms with Crippen LogP contribution < -0.4 is 0 Å². The van der Waals surface area contributed by atoms with Crippen LogP contribution in [-0.4, -0.2) is 24.6 Å². The fraction of sp³-hybridized carbons (Fsp3) is 0.157. The minimum Gasteiger partial charge on any atom is -0.507 e. The van der Waals surface area contributed by atoms with Crippen LogP contribution in [0, 0.1) is 0 Å². The molecule has 0 aliphatic heterocycles. The van der Waals surface area contributed by atoms with Crippen molar-refractivity contribution in [2.45, 2.75) is 52.4 Å². The van der Waals surface area contributed by atoms with Crippen LogP contribution in [0.5, 0.6) is 5.75 Å². The number of phenolic OH excluding ortho intramolecular Hbond substituents is 1. The Morgan fingerprint density at radius 2 is 1.21 bits per heavy atom. The molecule has 9 rings (SSSR count). The van der Waals surface area contributed by atoms with Gasteiger partial charge >= 0.3 is 0 Å². The lowest BCUT2D eigenvalue weighted by atomic mass is 9.84. The zero-order valence-corrected chi connectivity index (χ0v) is 32.7. The molecule has 0 unspecified atom stereocenters. The third-order valence-corrected chi connectivity index (χ3v) is 10.9. The first-order valence-electron chi connectivity index (χ1n) is 19.2. The molecule has 0 saturated heterocycles. The largest absolute Gasteiger partial charge is 0.507 e. The summed E-state index contributed by atoms with van der Waals surface area (Å²) in [6.45, 7) is 13.5. The highest BCUT2D eigenvalue weighted by molar-refractivity contribution is 6.07. The molecule has 0 fully saturated rings. The van der Waals surface area contributed by atoms with Crippen LogP contribution in [0.1, 0.15) is 52.7 Å². The molecule has 0 aliphatic carbocycles. The van der Waals surface area contributed by atoms with Crippen molar-refractivity contribution < 1.29 is 5.11 Å². The highest BCUT2D eigenvalue weighted by atomic mass is 16.3. The van der Waals surface area contributed by atoms with E-state index in [1.165, 1.54) is 11.1 Å². The monoisotopic (exact) mass is 728 g/mol. The SMILES string of the molecule is CC(C)(C)c1ccc(-n2c(-c3cccc(-c4cc(C(C)(C)C)cc5nccnc45)c3)nc3c(-c4c(O)ccc5ccccc45)cccc32)c(-c2ccccc2)c1. The number of para-hydroxylation sites is 1. The van der Waals surface area contributed by atoms with Crippen molar-refractivity contribution in [1.29, 1.82) is 0 Å². The lowest BCUT2D eigenvalue weighted by Gasteiger charge is -2.23. The van der Waals surface area contributed by atoms with E-state index in [0.717, 1.165) is 83.3 Å². The molecule has 0 saturated carbocycles. The maximum Gasteiger partial charge on any atom is 0.145 e. The van der Waals surface area contributed by atoms with Crippen molar-refractivity contribution in [3.63, 3.8) is 0 Å². The van der Waals surface area contributed by atoms with Crippen LogP contribution >= 0.6 is 0 Å². The van der Waals surface area contributed by atoms with E-state index < -0.39 is 0 Å². The van der Waals surface area contributed by atoms with Gasteiger partial charge in [-0.1, -0.05) is 139 Å². The summed E-state index contributed by atoms with van der Waals surface area (Å²) in [5.74, 6) is 1.03. The van der Waals surface area contributed by atoms with Gasteiger partial charge in [-0.2, -0.15) is 0 Å². The summed E-state index contributed by atoms with van der Waals surface area (Å²) in [6.07, 6.45) is 3.53. The number of benzene rings is 7. The summed E-state index contributed by atoms with van der Waals surface area (Å²) in [5, 5.41) is 13.5. The first kappa shape index (κ1) is 35.1. The van der Waals surface area contributed by atoms with Gasteiger partial charge in [0.2, 0.25) is 0 Å². The van der Waals surface area contributed by atoms with Crippen LogP contribution in [-0.2, 0) is 10.8 Å². The highest BCUT2D eigenvalue weighted by Crippen LogP contribution is 2.44. The van der Waals surface area contributed by atoms with Crippen molar-refractivity contribution in [2.24, 2.45) is 0 Å². The van der Waals surface area contributed by atoms with Gasteiger partial charge in [-0.05, 0) is 86.3 Å². The number of hydrogen-bond acceptors (Lipinski definition) is 4. The first-order valence-corrected chi connectivity index (χ1v) is 19.2. The molecule has 56 heavy (non-hydrogen) atoms. The minimum absolute atomic E-state index is 0.0530. The smallest absolute Gasteiger partial charge is 0.145 e. The second-order valence-electron chi connectivity index (χ2n) is 16.8. The number of fused-ring (bicyclic) bond motifs is 3. The van der Waals surface area contributed by atoms with Crippen molar-refractivity contribution in [3.8, 4) is 56.2 Å². The van der Waals surface area contributed by atoms with Gasteiger partial charge in [0, 0.05) is 40.2 Å². The van der Waals surface area contributed by atoms with Gasteiger partial charge in [0.05, 0.1) is 27.8 Å². The molecule has 0 bridgehead atoms. The van der Waals surface area contributed by atoms with Gasteiger partial charge in [0.25, 0.3) is 0 Å². The quantitative estimate of drug-likeness (QED) is 0.192. The Balaban J connectivity index is 1.36. The van der Waals surface area contributed by atoms with E-state index in [1.54, 1.807) is 18.5 Å². The van der Waals surface area contributed by atoms with Crippen LogP contribution in [0.4, 0.5) is 0 Å². The third kappa shape index (κ3) is 6.10. The lowest BCUT2D eigenvalue weighted by molar-refractivity contribution is 0.478. The van der Waals surface area contributed by atoms with Crippen molar-refractivity contribution in [2.75, 3.05) is 0 Å². The molecule has 1 N–H and O–H groups in total. The van der Waals surface area contributed by atoms with Gasteiger partial charge in [-0.15, -0.1) is 0 Å². The average molecular weight is 729 g/mol. The van der Waals surface area contributed by atoms with Crippen molar-refractivity contribution in [1.82, 2.24) is 19.5 Å². The number of hydrogen-bond donors (Lipinski definition) is 1. The van der Waals surface area contributed by atoms with E-state index >= 15 is 0 Å². The maximum absolute atomic E-state index is 11.5. The topological polar surface area (TPSA) is 63.8 Å². The Bertz CT molecular complexity index is 2950. The molecule has 5 nitrogen and oxygen atoms in total. The van der Waals surface area contributed by atoms with E-state index in [-0.39, 0.29) is 16.6 Å². The van der Waals surface area contributed by atoms with Gasteiger partial charge in [-0.3, -0.25) is 14.5 Å². The molecule has 0 amide bonds. The van der Waals surface area contributed by atoms with E-state index in [1.807, 2.05) is 18.2 Å². The van der Waals surface area contributed by atoms with E-state index in [4.69, 9.17) is 15.0 Å². The number of aromatic hydroxyl groups is 1. The molecule has 7 aromatic carbocycles. The van der Waals surface area contributed by atoms with Crippen LogP contribution in [0.2, 0.25) is 0 Å². The molecule has 0 aliphatic rings. The Morgan fingerprint density at radius 1 is 0.518 bits per heavy atom. The van der Waals surface area contributed by atoms with E-state index in [9.17, 15) is 5.11 Å². The molecule has 274 valence electrons. The predicted octanol–water partition coefficient (Wildman–Crippen LogP) is 13.1. The normalized spacial score (nSPS) is 12.2. The Labute approximate surface area is 328 Å². The Kier molecular flexibility index (Phi) is 8.35. The van der Waals surface area contributed by atoms with Gasteiger partial charge in [0.15, 0.2) is 0 Å². The number of rotatable bonds is 5. The number of nitrogens with zero attached hydrogens (tertiary/aromatic N) is 4. The fourth-order valence-corrected chi connectivity index (χ4v) is 7.88. The standard InChI is InChI=1S/C51H44N4O/c1-50(2,3)36-23-24-43(40(29-36)32-14-8-7-9-15-32)55-44-21-13-20-39(46-38-19-11-10-16-33(38)22-25-45(46)56)48(44)54-49(55)35-18-12-17-34(28-35)41-30-37(51(4,5)6)31-42-47(41)53-27-26-52-42/h7-31,56H,1-6H3. The summed E-state index contributed by atoms with van der Waals surface area (Å²) in [4.78, 5) is 15.1. The second-order valence-corrected chi connectivity index (χ2v) is 16.8. The molecule has 2 aromatic heterocycles. The lowest BCUT2D eigenvalue weighted by Crippen LogP contribution is -2.12. The van der Waals surface area contributed by atoms with Crippen LogP contribution in [0.15, 0.2) is 152 Å². The molecule has 0 atom stereocenters. The predicted molar refractivity (Wildman–Crippen MR) is 232 cm³/mol. The molecular weight excluding hydrogens is 685 g/mol. The number of phenols is 1. The summed E-state index contributed by atoms with van der Waals surface area (Å²) >= 11 is 0. The minimum atomic E-state index is -0.0807. The summed E-state index contributed by atoms with van der Waals surface area (Å²) in [5.41, 5.74) is 13.8. The summed E-state index contributed by atoms with van der Waals surface area (Å²) < 4.78 is 2.30. The third-order valence-electron chi connectivity index (χ3n) is 10.9. The maximum atomic E-state index is 11.5. The number of aromatic nitrogens is 4. The van der Waals surface area contributed by atoms with Crippen LogP contribution in [0.25, 0.3) is 83.3 Å². The van der Waals surface area contributed by atoms with Crippen molar-refractivity contribution in [3.05, 3.63) is 163 Å². The van der Waals surface area contributed by atoms with Gasteiger partial charge < -0.3 is 5.11 Å². The summed E-state index contributed by atoms with van der Waals surface area (Å²) in [7, 11) is 0. The zero-order valence-electron chi connectivity index (χ0n) is 32.7.